The van der Waals surface area contributed by atoms with Gasteiger partial charge in [-0.25, -0.2) is 0 Å². The molecule has 1 aromatic heterocycles. The topological polar surface area (TPSA) is 21.3 Å². The smallest absolute Gasteiger partial charge is 0.0469 e. The lowest BCUT2D eigenvalue weighted by molar-refractivity contribution is 0.0525. The van der Waals surface area contributed by atoms with Crippen molar-refractivity contribution in [3.05, 3.63) is 22.4 Å². The summed E-state index contributed by atoms with van der Waals surface area (Å²) in [6.07, 6.45) is 6.31. The van der Waals surface area contributed by atoms with Gasteiger partial charge in [-0.05, 0) is 56.0 Å². The van der Waals surface area contributed by atoms with E-state index in [2.05, 4.69) is 29.8 Å². The van der Waals surface area contributed by atoms with Crippen molar-refractivity contribution in [2.75, 3.05) is 19.8 Å². The van der Waals surface area contributed by atoms with Gasteiger partial charge >= 0.3 is 0 Å². The highest BCUT2D eigenvalue weighted by Gasteiger charge is 2.22. The van der Waals surface area contributed by atoms with Crippen molar-refractivity contribution in [2.24, 2.45) is 5.92 Å². The molecule has 1 atom stereocenters. The molecule has 0 spiro atoms. The van der Waals surface area contributed by atoms with Gasteiger partial charge in [0.2, 0.25) is 0 Å². The Bertz CT molecular complexity index is 306. The van der Waals surface area contributed by atoms with Crippen LogP contribution in [0.2, 0.25) is 0 Å². The Labute approximate surface area is 115 Å². The Morgan fingerprint density at radius 2 is 2.28 bits per heavy atom. The average molecular weight is 267 g/mol. The Morgan fingerprint density at radius 3 is 2.94 bits per heavy atom. The third-order valence-electron chi connectivity index (χ3n) is 3.82. The summed E-state index contributed by atoms with van der Waals surface area (Å²) in [5.74, 6) is 0.821. The summed E-state index contributed by atoms with van der Waals surface area (Å²) in [4.78, 5) is 1.53. The zero-order valence-corrected chi connectivity index (χ0v) is 12.2. The molecule has 0 amide bonds. The molecular weight excluding hydrogens is 242 g/mol. The Hall–Kier alpha value is -0.380. The highest BCUT2D eigenvalue weighted by molar-refractivity contribution is 7.09. The minimum Gasteiger partial charge on any atom is -0.381 e. The van der Waals surface area contributed by atoms with Crippen molar-refractivity contribution in [1.82, 2.24) is 5.32 Å². The Kier molecular flexibility index (Phi) is 6.18. The number of hydrogen-bond donors (Lipinski definition) is 1. The number of ether oxygens (including phenoxy) is 1. The van der Waals surface area contributed by atoms with Crippen LogP contribution in [0.3, 0.4) is 0 Å². The van der Waals surface area contributed by atoms with Gasteiger partial charge in [0.15, 0.2) is 0 Å². The van der Waals surface area contributed by atoms with E-state index < -0.39 is 0 Å². The molecule has 1 aliphatic rings. The molecule has 0 radical (unpaired) electrons. The highest BCUT2D eigenvalue weighted by atomic mass is 32.1. The van der Waals surface area contributed by atoms with Crippen molar-refractivity contribution < 1.29 is 4.74 Å². The molecule has 2 nitrogen and oxygen atoms in total. The molecule has 102 valence electrons. The standard InChI is InChI=1S/C15H25NOS/c1-2-16-15(13-8-10-17-11-9-13)7-3-5-14-6-4-12-18-14/h4,6,12-13,15-16H,2-3,5,7-11H2,1H3. The molecule has 0 bridgehead atoms. The molecule has 0 saturated carbocycles. The van der Waals surface area contributed by atoms with Crippen molar-refractivity contribution >= 4 is 11.3 Å². The number of thiophene rings is 1. The first-order valence-corrected chi connectivity index (χ1v) is 8.11. The molecule has 2 heterocycles. The van der Waals surface area contributed by atoms with Crippen molar-refractivity contribution in [3.8, 4) is 0 Å². The molecule has 0 aromatic carbocycles. The summed E-state index contributed by atoms with van der Waals surface area (Å²) in [6.45, 7) is 5.21. The number of hydrogen-bond acceptors (Lipinski definition) is 3. The van der Waals surface area contributed by atoms with Gasteiger partial charge in [-0.1, -0.05) is 13.0 Å². The fourth-order valence-electron chi connectivity index (χ4n) is 2.84. The number of aryl methyl sites for hydroxylation is 1. The van der Waals surface area contributed by atoms with E-state index in [1.165, 1.54) is 37.0 Å². The van der Waals surface area contributed by atoms with E-state index in [4.69, 9.17) is 4.74 Å². The summed E-state index contributed by atoms with van der Waals surface area (Å²) in [5.41, 5.74) is 0. The summed E-state index contributed by atoms with van der Waals surface area (Å²) in [5, 5.41) is 5.86. The van der Waals surface area contributed by atoms with Crippen LogP contribution in [-0.2, 0) is 11.2 Å². The lowest BCUT2D eigenvalue weighted by Gasteiger charge is -2.31. The second-order valence-corrected chi connectivity index (χ2v) is 6.12. The van der Waals surface area contributed by atoms with Crippen LogP contribution < -0.4 is 5.32 Å². The van der Waals surface area contributed by atoms with Gasteiger partial charge in [0.25, 0.3) is 0 Å². The van der Waals surface area contributed by atoms with E-state index in [1.54, 1.807) is 0 Å². The molecule has 1 aromatic rings. The van der Waals surface area contributed by atoms with Gasteiger partial charge in [0.1, 0.15) is 0 Å². The molecule has 2 rings (SSSR count). The quantitative estimate of drug-likeness (QED) is 0.816. The van der Waals surface area contributed by atoms with Gasteiger partial charge in [-0.15, -0.1) is 11.3 Å². The maximum atomic E-state index is 5.47. The summed E-state index contributed by atoms with van der Waals surface area (Å²) >= 11 is 1.88. The van der Waals surface area contributed by atoms with Crippen molar-refractivity contribution in [3.63, 3.8) is 0 Å². The van der Waals surface area contributed by atoms with Gasteiger partial charge in [-0.2, -0.15) is 0 Å². The largest absolute Gasteiger partial charge is 0.381 e. The second-order valence-electron chi connectivity index (χ2n) is 5.09. The van der Waals surface area contributed by atoms with E-state index in [9.17, 15) is 0 Å². The normalized spacial score (nSPS) is 18.9. The predicted octanol–water partition coefficient (Wildman–Crippen LogP) is 3.48. The van der Waals surface area contributed by atoms with Crippen LogP contribution in [0.5, 0.6) is 0 Å². The molecule has 1 unspecified atom stereocenters. The van der Waals surface area contributed by atoms with Crippen LogP contribution in [0.1, 0.15) is 37.5 Å². The van der Waals surface area contributed by atoms with Crippen LogP contribution in [0.15, 0.2) is 17.5 Å². The highest BCUT2D eigenvalue weighted by Crippen LogP contribution is 2.23. The van der Waals surface area contributed by atoms with E-state index >= 15 is 0 Å². The third-order valence-corrected chi connectivity index (χ3v) is 4.76. The van der Waals surface area contributed by atoms with Crippen LogP contribution in [0.4, 0.5) is 0 Å². The monoisotopic (exact) mass is 267 g/mol. The van der Waals surface area contributed by atoms with E-state index in [0.717, 1.165) is 25.7 Å². The zero-order valence-electron chi connectivity index (χ0n) is 11.4. The molecular formula is C15H25NOS. The Balaban J connectivity index is 1.74. The molecule has 1 aliphatic heterocycles. The van der Waals surface area contributed by atoms with Crippen molar-refractivity contribution in [2.45, 2.75) is 45.1 Å². The van der Waals surface area contributed by atoms with Gasteiger partial charge < -0.3 is 10.1 Å². The van der Waals surface area contributed by atoms with Gasteiger partial charge in [-0.3, -0.25) is 0 Å². The first-order valence-electron chi connectivity index (χ1n) is 7.23. The van der Waals surface area contributed by atoms with E-state index in [1.807, 2.05) is 11.3 Å². The average Bonchev–Trinajstić information content (AvgIpc) is 2.92. The Morgan fingerprint density at radius 1 is 1.44 bits per heavy atom. The first kappa shape index (κ1) is 14.0. The lowest BCUT2D eigenvalue weighted by Crippen LogP contribution is -2.39. The van der Waals surface area contributed by atoms with Crippen LogP contribution in [0, 0.1) is 5.92 Å². The van der Waals surface area contributed by atoms with E-state index in [0.29, 0.717) is 6.04 Å². The fraction of sp³-hybridized carbons (Fsp3) is 0.733. The fourth-order valence-corrected chi connectivity index (χ4v) is 3.59. The van der Waals surface area contributed by atoms with Gasteiger partial charge in [0.05, 0.1) is 0 Å². The minimum atomic E-state index is 0.693. The van der Waals surface area contributed by atoms with Crippen molar-refractivity contribution in [1.29, 1.82) is 0 Å². The van der Waals surface area contributed by atoms with Crippen LogP contribution in [0.25, 0.3) is 0 Å². The summed E-state index contributed by atoms with van der Waals surface area (Å²) < 4.78 is 5.47. The maximum absolute atomic E-state index is 5.47. The molecule has 1 fully saturated rings. The molecule has 0 aliphatic carbocycles. The summed E-state index contributed by atoms with van der Waals surface area (Å²) in [7, 11) is 0. The van der Waals surface area contributed by atoms with Crippen LogP contribution in [-0.4, -0.2) is 25.8 Å². The second kappa shape index (κ2) is 7.93. The zero-order chi connectivity index (χ0) is 12.6. The molecule has 1 N–H and O–H groups in total. The molecule has 3 heteroatoms. The third kappa shape index (κ3) is 4.38. The SMILES string of the molecule is CCNC(CCCc1cccs1)C1CCOCC1. The number of rotatable bonds is 7. The predicted molar refractivity (Wildman–Crippen MR) is 78.3 cm³/mol. The van der Waals surface area contributed by atoms with Gasteiger partial charge in [0, 0.05) is 24.1 Å². The minimum absolute atomic E-state index is 0.693. The maximum Gasteiger partial charge on any atom is 0.0469 e. The summed E-state index contributed by atoms with van der Waals surface area (Å²) in [6, 6.07) is 5.10. The number of nitrogens with one attached hydrogen (secondary N) is 1. The van der Waals surface area contributed by atoms with Crippen LogP contribution >= 0.6 is 11.3 Å². The molecule has 18 heavy (non-hydrogen) atoms. The first-order chi connectivity index (χ1) is 8.90. The lowest BCUT2D eigenvalue weighted by atomic mass is 9.88. The molecule has 1 saturated heterocycles. The van der Waals surface area contributed by atoms with E-state index in [-0.39, 0.29) is 0 Å².